The molecule has 0 atom stereocenters. The van der Waals surface area contributed by atoms with Crippen LogP contribution >= 0.6 is 0 Å². The lowest BCUT2D eigenvalue weighted by Gasteiger charge is -2.10. The third-order valence-electron chi connectivity index (χ3n) is 3.66. The largest absolute Gasteiger partial charge is 0.573 e. The van der Waals surface area contributed by atoms with Crippen LogP contribution in [0.3, 0.4) is 0 Å². The molecule has 0 fully saturated rings. The van der Waals surface area contributed by atoms with Crippen molar-refractivity contribution in [3.8, 4) is 5.75 Å². The lowest BCUT2D eigenvalue weighted by molar-refractivity contribution is -0.274. The number of benzene rings is 3. The van der Waals surface area contributed by atoms with Crippen molar-refractivity contribution in [3.63, 3.8) is 0 Å². The number of ether oxygens (including phenoxy) is 1. The van der Waals surface area contributed by atoms with E-state index in [0.29, 0.717) is 11.1 Å². The third-order valence-corrected chi connectivity index (χ3v) is 4.95. The van der Waals surface area contributed by atoms with Crippen LogP contribution in [0.1, 0.15) is 11.1 Å². The molecule has 0 bridgehead atoms. The molecule has 0 radical (unpaired) electrons. The smallest absolute Gasteiger partial charge is 0.406 e. The minimum atomic E-state index is -4.85. The first-order chi connectivity index (χ1) is 13.2. The first-order valence-electron chi connectivity index (χ1n) is 8.06. The van der Waals surface area contributed by atoms with E-state index in [1.807, 2.05) is 0 Å². The SMILES string of the molecule is O=S(=O)(N=C(c1ccccc1)c1ccccc1)c1ccc(OC(F)(F)F)cc1. The number of halogens is 3. The van der Waals surface area contributed by atoms with Crippen LogP contribution in [0.25, 0.3) is 0 Å². The molecule has 0 N–H and O–H groups in total. The van der Waals surface area contributed by atoms with Crippen LogP contribution < -0.4 is 4.74 Å². The van der Waals surface area contributed by atoms with Crippen LogP contribution in [-0.2, 0) is 10.0 Å². The molecule has 0 heterocycles. The molecular weight excluding hydrogens is 391 g/mol. The molecule has 3 aromatic carbocycles. The molecule has 3 aromatic rings. The summed E-state index contributed by atoms with van der Waals surface area (Å²) in [5.74, 6) is -0.512. The van der Waals surface area contributed by atoms with Crippen molar-refractivity contribution in [2.24, 2.45) is 4.40 Å². The second kappa shape index (κ2) is 7.85. The zero-order valence-electron chi connectivity index (χ0n) is 14.3. The van der Waals surface area contributed by atoms with Gasteiger partial charge in [0, 0.05) is 11.1 Å². The lowest BCUT2D eigenvalue weighted by Crippen LogP contribution is -2.17. The Labute approximate surface area is 160 Å². The Balaban J connectivity index is 2.02. The van der Waals surface area contributed by atoms with Gasteiger partial charge in [0.1, 0.15) is 5.75 Å². The second-order valence-corrected chi connectivity index (χ2v) is 7.27. The maximum Gasteiger partial charge on any atom is 0.573 e. The van der Waals surface area contributed by atoms with E-state index in [2.05, 4.69) is 9.13 Å². The number of alkyl halides is 3. The van der Waals surface area contributed by atoms with E-state index < -0.39 is 22.1 Å². The zero-order valence-corrected chi connectivity index (χ0v) is 15.1. The van der Waals surface area contributed by atoms with Gasteiger partial charge in [-0.3, -0.25) is 0 Å². The fourth-order valence-corrected chi connectivity index (χ4v) is 3.49. The molecule has 0 saturated carbocycles. The van der Waals surface area contributed by atoms with Gasteiger partial charge in [0.25, 0.3) is 10.0 Å². The zero-order chi connectivity index (χ0) is 20.2. The Morgan fingerprint density at radius 3 is 1.64 bits per heavy atom. The molecule has 0 amide bonds. The summed E-state index contributed by atoms with van der Waals surface area (Å²) in [5.41, 5.74) is 1.42. The highest BCUT2D eigenvalue weighted by atomic mass is 32.2. The van der Waals surface area contributed by atoms with Crippen LogP contribution in [0.4, 0.5) is 13.2 Å². The second-order valence-electron chi connectivity index (χ2n) is 5.67. The van der Waals surface area contributed by atoms with Crippen molar-refractivity contribution in [2.75, 3.05) is 0 Å². The molecule has 3 rings (SSSR count). The van der Waals surface area contributed by atoms with E-state index in [0.717, 1.165) is 24.3 Å². The van der Waals surface area contributed by atoms with Crippen LogP contribution in [0.2, 0.25) is 0 Å². The molecule has 8 heteroatoms. The maximum atomic E-state index is 12.7. The number of hydrogen-bond acceptors (Lipinski definition) is 3. The van der Waals surface area contributed by atoms with E-state index in [9.17, 15) is 21.6 Å². The monoisotopic (exact) mass is 405 g/mol. The Morgan fingerprint density at radius 2 is 1.21 bits per heavy atom. The Morgan fingerprint density at radius 1 is 0.750 bits per heavy atom. The fourth-order valence-electron chi connectivity index (χ4n) is 2.45. The minimum Gasteiger partial charge on any atom is -0.406 e. The summed E-state index contributed by atoms with van der Waals surface area (Å²) < 4.78 is 70.0. The molecule has 0 aliphatic rings. The van der Waals surface area contributed by atoms with Gasteiger partial charge in [0.15, 0.2) is 0 Å². The van der Waals surface area contributed by atoms with Crippen molar-refractivity contribution in [3.05, 3.63) is 96.1 Å². The van der Waals surface area contributed by atoms with Gasteiger partial charge in [-0.15, -0.1) is 13.2 Å². The fraction of sp³-hybridized carbons (Fsp3) is 0.0500. The Hall–Kier alpha value is -3.13. The van der Waals surface area contributed by atoms with Gasteiger partial charge in [-0.2, -0.15) is 12.8 Å². The minimum absolute atomic E-state index is 0.233. The number of sulfonamides is 1. The van der Waals surface area contributed by atoms with Crippen molar-refractivity contribution < 1.29 is 26.3 Å². The molecule has 0 aromatic heterocycles. The van der Waals surface area contributed by atoms with E-state index in [1.54, 1.807) is 60.7 Å². The number of hydrogen-bond donors (Lipinski definition) is 0. The average molecular weight is 405 g/mol. The molecular formula is C20H14F3NO3S. The van der Waals surface area contributed by atoms with Crippen LogP contribution in [-0.4, -0.2) is 20.5 Å². The van der Waals surface area contributed by atoms with Gasteiger partial charge >= 0.3 is 6.36 Å². The number of nitrogens with zero attached hydrogens (tertiary/aromatic N) is 1. The van der Waals surface area contributed by atoms with Crippen LogP contribution in [0.5, 0.6) is 5.75 Å². The highest BCUT2D eigenvalue weighted by molar-refractivity contribution is 7.90. The maximum absolute atomic E-state index is 12.7. The predicted molar refractivity (Wildman–Crippen MR) is 98.8 cm³/mol. The van der Waals surface area contributed by atoms with Crippen molar-refractivity contribution in [2.45, 2.75) is 11.3 Å². The molecule has 0 unspecified atom stereocenters. The average Bonchev–Trinajstić information content (AvgIpc) is 2.67. The first-order valence-corrected chi connectivity index (χ1v) is 9.50. The molecule has 144 valence electrons. The van der Waals surface area contributed by atoms with Gasteiger partial charge in [-0.05, 0) is 24.3 Å². The normalized spacial score (nSPS) is 11.7. The Bertz CT molecular complexity index is 1020. The summed E-state index contributed by atoms with van der Waals surface area (Å²) in [6.07, 6.45) is -4.85. The van der Waals surface area contributed by atoms with Crippen molar-refractivity contribution in [1.82, 2.24) is 0 Å². The molecule has 0 aliphatic heterocycles. The van der Waals surface area contributed by atoms with E-state index in [4.69, 9.17) is 0 Å². The quantitative estimate of drug-likeness (QED) is 0.573. The third kappa shape index (κ3) is 4.98. The number of rotatable bonds is 5. The Kier molecular flexibility index (Phi) is 5.51. The van der Waals surface area contributed by atoms with E-state index in [1.165, 1.54) is 0 Å². The molecule has 0 spiro atoms. The lowest BCUT2D eigenvalue weighted by atomic mass is 10.0. The van der Waals surface area contributed by atoms with Crippen LogP contribution in [0.15, 0.2) is 94.2 Å². The van der Waals surface area contributed by atoms with Gasteiger partial charge in [-0.1, -0.05) is 60.7 Å². The van der Waals surface area contributed by atoms with E-state index >= 15 is 0 Å². The highest BCUT2D eigenvalue weighted by Gasteiger charge is 2.31. The topological polar surface area (TPSA) is 55.7 Å². The van der Waals surface area contributed by atoms with Crippen LogP contribution in [0, 0.1) is 0 Å². The van der Waals surface area contributed by atoms with Gasteiger partial charge in [0.2, 0.25) is 0 Å². The standard InChI is InChI=1S/C20H14F3NO3S/c21-20(22,23)27-17-11-13-18(14-12-17)28(25,26)24-19(15-7-3-1-4-8-15)16-9-5-2-6-10-16/h1-14H. The van der Waals surface area contributed by atoms with Gasteiger partial charge in [-0.25, -0.2) is 0 Å². The first kappa shape index (κ1) is 19.6. The summed E-state index contributed by atoms with van der Waals surface area (Å²) in [4.78, 5) is -0.244. The van der Waals surface area contributed by atoms with Gasteiger partial charge < -0.3 is 4.74 Å². The van der Waals surface area contributed by atoms with E-state index in [-0.39, 0.29) is 10.6 Å². The summed E-state index contributed by atoms with van der Waals surface area (Å²) in [5, 5.41) is 0. The summed E-state index contributed by atoms with van der Waals surface area (Å²) in [6.45, 7) is 0. The molecule has 28 heavy (non-hydrogen) atoms. The van der Waals surface area contributed by atoms with Crippen molar-refractivity contribution >= 4 is 15.7 Å². The summed E-state index contributed by atoms with van der Waals surface area (Å²) >= 11 is 0. The predicted octanol–water partition coefficient (Wildman–Crippen LogP) is 4.81. The molecule has 4 nitrogen and oxygen atoms in total. The van der Waals surface area contributed by atoms with Crippen molar-refractivity contribution in [1.29, 1.82) is 0 Å². The van der Waals surface area contributed by atoms with Gasteiger partial charge in [0.05, 0.1) is 10.6 Å². The summed E-state index contributed by atoms with van der Waals surface area (Å²) in [6, 6.07) is 21.4. The molecule has 0 saturated heterocycles. The highest BCUT2D eigenvalue weighted by Crippen LogP contribution is 2.25. The summed E-state index contributed by atoms with van der Waals surface area (Å²) in [7, 11) is -4.17. The molecule has 0 aliphatic carbocycles.